The van der Waals surface area contributed by atoms with Gasteiger partial charge in [-0.2, -0.15) is 0 Å². The van der Waals surface area contributed by atoms with Crippen LogP contribution in [0.1, 0.15) is 56.5 Å². The Kier molecular flexibility index (Phi) is 5.94. The summed E-state index contributed by atoms with van der Waals surface area (Å²) in [5.41, 5.74) is 0.925. The van der Waals surface area contributed by atoms with Crippen molar-refractivity contribution in [1.82, 2.24) is 5.32 Å². The third-order valence-electron chi connectivity index (χ3n) is 6.26. The fraction of sp³-hybridized carbons (Fsp3) is 0.458. The van der Waals surface area contributed by atoms with Crippen LogP contribution in [0.3, 0.4) is 0 Å². The zero-order valence-electron chi connectivity index (χ0n) is 19.2. The smallest absolute Gasteiger partial charge is 0.496 e. The number of carbonyl (C=O) groups is 1. The quantitative estimate of drug-likeness (QED) is 0.666. The standard InChI is InChI=1S/C24H29BFNO5/c1-23(2)24(3,4)32-25(31-23)19-10-6-15(12-21(19)30-17-8-9-17)14-27-22(28)18-13-16(26)7-11-20(18)29-5/h6-7,10-13,17H,8-9,14H2,1-5H3,(H,27,28). The minimum Gasteiger partial charge on any atom is -0.496 e. The fourth-order valence-corrected chi connectivity index (χ4v) is 3.46. The van der Waals surface area contributed by atoms with E-state index in [9.17, 15) is 9.18 Å². The van der Waals surface area contributed by atoms with Gasteiger partial charge in [0.15, 0.2) is 0 Å². The van der Waals surface area contributed by atoms with Gasteiger partial charge in [-0.3, -0.25) is 4.79 Å². The van der Waals surface area contributed by atoms with E-state index in [1.54, 1.807) is 0 Å². The molecule has 0 radical (unpaired) electrons. The molecule has 2 fully saturated rings. The Bertz CT molecular complexity index is 1010. The van der Waals surface area contributed by atoms with Gasteiger partial charge in [0, 0.05) is 12.0 Å². The molecule has 1 amide bonds. The summed E-state index contributed by atoms with van der Waals surface area (Å²) in [7, 11) is 0.911. The van der Waals surface area contributed by atoms with Gasteiger partial charge in [-0.05, 0) is 70.4 Å². The zero-order valence-corrected chi connectivity index (χ0v) is 19.2. The van der Waals surface area contributed by atoms with Gasteiger partial charge < -0.3 is 24.1 Å². The second kappa shape index (κ2) is 8.41. The molecule has 4 rings (SSSR count). The molecule has 170 valence electrons. The van der Waals surface area contributed by atoms with Gasteiger partial charge in [0.1, 0.15) is 17.3 Å². The van der Waals surface area contributed by atoms with Crippen LogP contribution >= 0.6 is 0 Å². The van der Waals surface area contributed by atoms with Crippen LogP contribution in [0.15, 0.2) is 36.4 Å². The van der Waals surface area contributed by atoms with Crippen LogP contribution in [0, 0.1) is 5.82 Å². The Morgan fingerprint density at radius 3 is 2.41 bits per heavy atom. The maximum atomic E-state index is 13.6. The van der Waals surface area contributed by atoms with Crippen molar-refractivity contribution in [2.75, 3.05) is 7.11 Å². The lowest BCUT2D eigenvalue weighted by Gasteiger charge is -2.32. The van der Waals surface area contributed by atoms with E-state index in [1.165, 1.54) is 19.2 Å². The van der Waals surface area contributed by atoms with Crippen molar-refractivity contribution in [2.24, 2.45) is 0 Å². The Labute approximate surface area is 188 Å². The number of methoxy groups -OCH3 is 1. The lowest BCUT2D eigenvalue weighted by atomic mass is 9.78. The van der Waals surface area contributed by atoms with Crippen molar-refractivity contribution in [1.29, 1.82) is 0 Å². The lowest BCUT2D eigenvalue weighted by molar-refractivity contribution is 0.00578. The lowest BCUT2D eigenvalue weighted by Crippen LogP contribution is -2.41. The van der Waals surface area contributed by atoms with E-state index in [-0.39, 0.29) is 18.2 Å². The summed E-state index contributed by atoms with van der Waals surface area (Å²) in [4.78, 5) is 12.6. The SMILES string of the molecule is COc1ccc(F)cc1C(=O)NCc1ccc(B2OC(C)(C)C(C)(C)O2)c(OC2CC2)c1. The summed E-state index contributed by atoms with van der Waals surface area (Å²) in [6, 6.07) is 9.59. The van der Waals surface area contributed by atoms with Crippen molar-refractivity contribution < 1.29 is 28.0 Å². The van der Waals surface area contributed by atoms with Gasteiger partial charge in [0.05, 0.1) is 30.0 Å². The van der Waals surface area contributed by atoms with E-state index in [0.717, 1.165) is 29.9 Å². The Balaban J connectivity index is 1.52. The zero-order chi connectivity index (χ0) is 23.1. The van der Waals surface area contributed by atoms with Crippen LogP contribution in [0.25, 0.3) is 0 Å². The molecule has 1 aliphatic heterocycles. The normalized spacial score (nSPS) is 19.0. The molecule has 32 heavy (non-hydrogen) atoms. The average Bonchev–Trinajstić information content (AvgIpc) is 3.51. The molecule has 0 spiro atoms. The number of benzene rings is 2. The molecule has 6 nitrogen and oxygen atoms in total. The van der Waals surface area contributed by atoms with Gasteiger partial charge in [0.25, 0.3) is 5.91 Å². The molecular formula is C24H29BFNO5. The summed E-state index contributed by atoms with van der Waals surface area (Å²) in [6.07, 6.45) is 2.23. The van der Waals surface area contributed by atoms with Crippen LogP contribution in [-0.2, 0) is 15.9 Å². The molecule has 1 aliphatic carbocycles. The highest BCUT2D eigenvalue weighted by atomic mass is 19.1. The summed E-state index contributed by atoms with van der Waals surface area (Å²) in [5.74, 6) is 0.0998. The third-order valence-corrected chi connectivity index (χ3v) is 6.26. The van der Waals surface area contributed by atoms with E-state index < -0.39 is 30.0 Å². The number of hydrogen-bond acceptors (Lipinski definition) is 5. The Hall–Kier alpha value is -2.58. The van der Waals surface area contributed by atoms with Crippen LogP contribution < -0.4 is 20.3 Å². The molecule has 2 aromatic carbocycles. The highest BCUT2D eigenvalue weighted by molar-refractivity contribution is 6.63. The molecular weight excluding hydrogens is 412 g/mol. The number of carbonyl (C=O) groups excluding carboxylic acids is 1. The highest BCUT2D eigenvalue weighted by Gasteiger charge is 2.52. The van der Waals surface area contributed by atoms with E-state index >= 15 is 0 Å². The van der Waals surface area contributed by atoms with E-state index in [2.05, 4.69) is 5.32 Å². The Morgan fingerprint density at radius 1 is 1.09 bits per heavy atom. The first kappa shape index (κ1) is 22.6. The molecule has 0 bridgehead atoms. The second-order valence-electron chi connectivity index (χ2n) is 9.30. The first-order chi connectivity index (χ1) is 15.1. The molecule has 0 unspecified atom stereocenters. The van der Waals surface area contributed by atoms with Crippen molar-refractivity contribution in [2.45, 2.75) is 64.4 Å². The number of halogens is 1. The molecule has 2 aromatic rings. The highest BCUT2D eigenvalue weighted by Crippen LogP contribution is 2.38. The van der Waals surface area contributed by atoms with Crippen molar-refractivity contribution in [3.63, 3.8) is 0 Å². The molecule has 0 aromatic heterocycles. The fourth-order valence-electron chi connectivity index (χ4n) is 3.46. The summed E-state index contributed by atoms with van der Waals surface area (Å²) >= 11 is 0. The van der Waals surface area contributed by atoms with Crippen LogP contribution in [0.5, 0.6) is 11.5 Å². The first-order valence-corrected chi connectivity index (χ1v) is 10.9. The van der Waals surface area contributed by atoms with E-state index in [4.69, 9.17) is 18.8 Å². The summed E-state index contributed by atoms with van der Waals surface area (Å²) in [5, 5.41) is 2.82. The second-order valence-corrected chi connectivity index (χ2v) is 9.30. The van der Waals surface area contributed by atoms with Crippen molar-refractivity contribution in [3.05, 3.63) is 53.3 Å². The predicted molar refractivity (Wildman–Crippen MR) is 120 cm³/mol. The maximum absolute atomic E-state index is 13.6. The van der Waals surface area contributed by atoms with Crippen LogP contribution in [0.2, 0.25) is 0 Å². The van der Waals surface area contributed by atoms with Gasteiger partial charge >= 0.3 is 7.12 Å². The minimum atomic E-state index is -0.533. The average molecular weight is 441 g/mol. The first-order valence-electron chi connectivity index (χ1n) is 10.9. The molecule has 2 aliphatic rings. The number of ether oxygens (including phenoxy) is 2. The predicted octanol–water partition coefficient (Wildman–Crippen LogP) is 3.60. The Morgan fingerprint density at radius 2 is 1.78 bits per heavy atom. The summed E-state index contributed by atoms with van der Waals surface area (Å²) < 4.78 is 37.3. The molecule has 1 saturated heterocycles. The monoisotopic (exact) mass is 441 g/mol. The molecule has 0 atom stereocenters. The van der Waals surface area contributed by atoms with Crippen LogP contribution in [0.4, 0.5) is 4.39 Å². The molecule has 8 heteroatoms. The van der Waals surface area contributed by atoms with Gasteiger partial charge in [-0.1, -0.05) is 12.1 Å². The maximum Gasteiger partial charge on any atom is 0.498 e. The number of hydrogen-bond donors (Lipinski definition) is 1. The number of rotatable bonds is 7. The largest absolute Gasteiger partial charge is 0.498 e. The van der Waals surface area contributed by atoms with E-state index in [0.29, 0.717) is 11.5 Å². The van der Waals surface area contributed by atoms with Crippen molar-refractivity contribution >= 4 is 18.5 Å². The topological polar surface area (TPSA) is 66.0 Å². The number of nitrogens with one attached hydrogen (secondary N) is 1. The van der Waals surface area contributed by atoms with Gasteiger partial charge in [-0.25, -0.2) is 4.39 Å². The van der Waals surface area contributed by atoms with Crippen molar-refractivity contribution in [3.8, 4) is 11.5 Å². The minimum absolute atomic E-state index is 0.149. The molecule has 1 heterocycles. The molecule has 1 saturated carbocycles. The van der Waals surface area contributed by atoms with Gasteiger partial charge in [-0.15, -0.1) is 0 Å². The third kappa shape index (κ3) is 4.61. The summed E-state index contributed by atoms with van der Waals surface area (Å²) in [6.45, 7) is 8.30. The van der Waals surface area contributed by atoms with Gasteiger partial charge in [0.2, 0.25) is 0 Å². The molecule has 1 N–H and O–H groups in total. The van der Waals surface area contributed by atoms with Crippen LogP contribution in [-0.4, -0.2) is 37.4 Å². The number of amides is 1. The van der Waals surface area contributed by atoms with E-state index in [1.807, 2.05) is 45.9 Å².